The first-order chi connectivity index (χ1) is 13.0. The molecule has 0 unspecified atom stereocenters. The van der Waals surface area contributed by atoms with Crippen LogP contribution in [-0.2, 0) is 4.79 Å². The van der Waals surface area contributed by atoms with E-state index in [0.29, 0.717) is 24.6 Å². The summed E-state index contributed by atoms with van der Waals surface area (Å²) in [5, 5.41) is 4.20. The molecule has 3 rings (SSSR count). The van der Waals surface area contributed by atoms with E-state index in [-0.39, 0.29) is 5.91 Å². The van der Waals surface area contributed by atoms with Crippen LogP contribution in [0.2, 0.25) is 5.02 Å². The smallest absolute Gasteiger partial charge is 0.226 e. The number of carbonyl (C=O) groups is 1. The minimum atomic E-state index is -0.0758. The first-order valence-electron chi connectivity index (χ1n) is 8.60. The maximum Gasteiger partial charge on any atom is 0.226 e. The van der Waals surface area contributed by atoms with Crippen LogP contribution in [-0.4, -0.2) is 24.6 Å². The number of halogens is 1. The van der Waals surface area contributed by atoms with E-state index in [2.05, 4.69) is 10.3 Å². The topological polar surface area (TPSA) is 60.5 Å². The number of aromatic nitrogens is 1. The van der Waals surface area contributed by atoms with Crippen molar-refractivity contribution in [3.05, 3.63) is 46.5 Å². The number of amides is 1. The predicted molar refractivity (Wildman–Crippen MR) is 110 cm³/mol. The van der Waals surface area contributed by atoms with Gasteiger partial charge in [-0.25, -0.2) is 4.98 Å². The number of benzene rings is 2. The Hall–Kier alpha value is -2.31. The average Bonchev–Trinajstić information content (AvgIpc) is 3.04. The van der Waals surface area contributed by atoms with E-state index in [9.17, 15) is 4.79 Å². The molecule has 1 amide bonds. The molecular formula is C20H21ClN2O3S. The third-order valence-corrected chi connectivity index (χ3v) is 5.60. The maximum absolute atomic E-state index is 12.1. The molecule has 0 aliphatic heterocycles. The second kappa shape index (κ2) is 8.59. The number of carbonyl (C=O) groups excluding carboxylic acids is 1. The molecule has 5 nitrogen and oxygen atoms in total. The number of nitrogens with one attached hydrogen (secondary N) is 1. The Bertz CT molecular complexity index is 948. The van der Waals surface area contributed by atoms with Gasteiger partial charge in [-0.2, -0.15) is 0 Å². The first kappa shape index (κ1) is 19.5. The normalized spacial score (nSPS) is 10.8. The molecule has 0 fully saturated rings. The Kier molecular flexibility index (Phi) is 6.19. The van der Waals surface area contributed by atoms with Crippen LogP contribution in [0.25, 0.3) is 10.2 Å². The summed E-state index contributed by atoms with van der Waals surface area (Å²) in [7, 11) is 1.62. The van der Waals surface area contributed by atoms with Crippen LogP contribution >= 0.6 is 22.9 Å². The minimum absolute atomic E-state index is 0.0758. The minimum Gasteiger partial charge on any atom is -0.497 e. The van der Waals surface area contributed by atoms with Gasteiger partial charge in [0.15, 0.2) is 5.13 Å². The van der Waals surface area contributed by atoms with Crippen LogP contribution in [0.3, 0.4) is 0 Å². The molecule has 7 heteroatoms. The quantitative estimate of drug-likeness (QED) is 0.537. The first-order valence-corrected chi connectivity index (χ1v) is 9.79. The van der Waals surface area contributed by atoms with Gasteiger partial charge in [-0.3, -0.25) is 4.79 Å². The van der Waals surface area contributed by atoms with Gasteiger partial charge in [0.2, 0.25) is 5.91 Å². The number of anilines is 1. The zero-order valence-electron chi connectivity index (χ0n) is 15.5. The van der Waals surface area contributed by atoms with Gasteiger partial charge >= 0.3 is 0 Å². The lowest BCUT2D eigenvalue weighted by atomic mass is 10.1. The highest BCUT2D eigenvalue weighted by atomic mass is 35.5. The van der Waals surface area contributed by atoms with Crippen LogP contribution in [0, 0.1) is 13.8 Å². The molecule has 0 aliphatic carbocycles. The summed E-state index contributed by atoms with van der Waals surface area (Å²) in [4.78, 5) is 16.6. The van der Waals surface area contributed by atoms with Crippen molar-refractivity contribution in [1.82, 2.24) is 4.98 Å². The standard InChI is InChI=1S/C20H21ClN2O3S/c1-12-9-15(10-13(2)19(12)21)26-8-4-5-18(24)23-20-22-16-7-6-14(25-3)11-17(16)27-20/h6-7,9-11H,4-5,8H2,1-3H3,(H,22,23,24). The van der Waals surface area contributed by atoms with Crippen LogP contribution in [0.15, 0.2) is 30.3 Å². The zero-order chi connectivity index (χ0) is 19.4. The number of nitrogens with zero attached hydrogens (tertiary/aromatic N) is 1. The van der Waals surface area contributed by atoms with Crippen molar-refractivity contribution in [1.29, 1.82) is 0 Å². The van der Waals surface area contributed by atoms with Crippen LogP contribution in [0.5, 0.6) is 11.5 Å². The molecular weight excluding hydrogens is 384 g/mol. The molecule has 0 spiro atoms. The van der Waals surface area contributed by atoms with Crippen molar-refractivity contribution in [2.75, 3.05) is 19.0 Å². The van der Waals surface area contributed by atoms with Crippen molar-refractivity contribution in [3.8, 4) is 11.5 Å². The van der Waals surface area contributed by atoms with E-state index in [1.807, 2.05) is 44.2 Å². The monoisotopic (exact) mass is 404 g/mol. The highest BCUT2D eigenvalue weighted by Crippen LogP contribution is 2.29. The van der Waals surface area contributed by atoms with E-state index >= 15 is 0 Å². The molecule has 3 aromatic rings. The fraction of sp³-hybridized carbons (Fsp3) is 0.300. The predicted octanol–water partition coefficient (Wildman–Crippen LogP) is 5.37. The van der Waals surface area contributed by atoms with E-state index in [4.69, 9.17) is 21.1 Å². The molecule has 0 saturated carbocycles. The fourth-order valence-electron chi connectivity index (χ4n) is 2.68. The summed E-state index contributed by atoms with van der Waals surface area (Å²) in [5.41, 5.74) is 2.81. The van der Waals surface area contributed by atoms with Crippen molar-refractivity contribution in [3.63, 3.8) is 0 Å². The van der Waals surface area contributed by atoms with Gasteiger partial charge in [0, 0.05) is 11.4 Å². The van der Waals surface area contributed by atoms with Gasteiger partial charge in [0.05, 0.1) is 23.9 Å². The lowest BCUT2D eigenvalue weighted by molar-refractivity contribution is -0.116. The summed E-state index contributed by atoms with van der Waals surface area (Å²) in [6.07, 6.45) is 0.982. The summed E-state index contributed by atoms with van der Waals surface area (Å²) >= 11 is 7.58. The molecule has 0 saturated heterocycles. The lowest BCUT2D eigenvalue weighted by Crippen LogP contribution is -2.12. The zero-order valence-corrected chi connectivity index (χ0v) is 17.0. The van der Waals surface area contributed by atoms with Gasteiger partial charge in [0.1, 0.15) is 11.5 Å². The van der Waals surface area contributed by atoms with Gasteiger partial charge in [-0.15, -0.1) is 0 Å². The average molecular weight is 405 g/mol. The Labute approximate surface area is 167 Å². The Balaban J connectivity index is 1.48. The molecule has 142 valence electrons. The fourth-order valence-corrected chi connectivity index (χ4v) is 3.70. The molecule has 0 bridgehead atoms. The lowest BCUT2D eigenvalue weighted by Gasteiger charge is -2.09. The summed E-state index contributed by atoms with van der Waals surface area (Å²) in [6.45, 7) is 4.36. The third-order valence-electron chi connectivity index (χ3n) is 4.07. The van der Waals surface area contributed by atoms with Crippen molar-refractivity contribution in [2.45, 2.75) is 26.7 Å². The van der Waals surface area contributed by atoms with E-state index in [0.717, 1.165) is 37.9 Å². The third kappa shape index (κ3) is 4.90. The Morgan fingerprint density at radius 3 is 2.63 bits per heavy atom. The number of fused-ring (bicyclic) bond motifs is 1. The Morgan fingerprint density at radius 1 is 1.19 bits per heavy atom. The van der Waals surface area contributed by atoms with Gasteiger partial charge in [-0.1, -0.05) is 22.9 Å². The van der Waals surface area contributed by atoms with Gasteiger partial charge in [-0.05, 0) is 61.7 Å². The van der Waals surface area contributed by atoms with E-state index in [1.54, 1.807) is 7.11 Å². The van der Waals surface area contributed by atoms with Gasteiger partial charge in [0.25, 0.3) is 0 Å². The van der Waals surface area contributed by atoms with Crippen LogP contribution < -0.4 is 14.8 Å². The van der Waals surface area contributed by atoms with Crippen molar-refractivity contribution in [2.24, 2.45) is 0 Å². The number of hydrogen-bond donors (Lipinski definition) is 1. The number of aryl methyl sites for hydroxylation is 2. The highest BCUT2D eigenvalue weighted by molar-refractivity contribution is 7.22. The summed E-state index contributed by atoms with van der Waals surface area (Å²) < 4.78 is 11.9. The van der Waals surface area contributed by atoms with Crippen LogP contribution in [0.1, 0.15) is 24.0 Å². The van der Waals surface area contributed by atoms with Crippen molar-refractivity contribution < 1.29 is 14.3 Å². The number of ether oxygens (including phenoxy) is 2. The van der Waals surface area contributed by atoms with Crippen molar-refractivity contribution >= 4 is 44.2 Å². The SMILES string of the molecule is COc1ccc2nc(NC(=O)CCCOc3cc(C)c(Cl)c(C)c3)sc2c1. The summed E-state index contributed by atoms with van der Waals surface area (Å²) in [6, 6.07) is 9.46. The number of thiazole rings is 1. The van der Waals surface area contributed by atoms with Gasteiger partial charge < -0.3 is 14.8 Å². The maximum atomic E-state index is 12.1. The largest absolute Gasteiger partial charge is 0.497 e. The molecule has 0 radical (unpaired) electrons. The molecule has 0 aliphatic rings. The molecule has 1 aromatic heterocycles. The number of rotatable bonds is 7. The van der Waals surface area contributed by atoms with Crippen LogP contribution in [0.4, 0.5) is 5.13 Å². The summed E-state index contributed by atoms with van der Waals surface area (Å²) in [5.74, 6) is 1.47. The number of methoxy groups -OCH3 is 1. The Morgan fingerprint density at radius 2 is 1.93 bits per heavy atom. The van der Waals surface area contributed by atoms with E-state index < -0.39 is 0 Å². The number of hydrogen-bond acceptors (Lipinski definition) is 5. The second-order valence-electron chi connectivity index (χ2n) is 6.22. The second-order valence-corrected chi connectivity index (χ2v) is 7.63. The highest BCUT2D eigenvalue weighted by Gasteiger charge is 2.09. The molecule has 0 atom stereocenters. The molecule has 2 aromatic carbocycles. The van der Waals surface area contributed by atoms with E-state index in [1.165, 1.54) is 11.3 Å². The molecule has 1 N–H and O–H groups in total. The molecule has 27 heavy (non-hydrogen) atoms. The molecule has 1 heterocycles.